The highest BCUT2D eigenvalue weighted by Gasteiger charge is 2.27. The second-order valence-corrected chi connectivity index (χ2v) is 7.68. The molecule has 188 valence electrons. The molecule has 0 saturated heterocycles. The van der Waals surface area contributed by atoms with Crippen LogP contribution in [0.4, 0.5) is 4.79 Å². The molecule has 0 aliphatic rings. The fourth-order valence-electron chi connectivity index (χ4n) is 3.29. The van der Waals surface area contributed by atoms with Gasteiger partial charge in [-0.3, -0.25) is 4.79 Å². The number of hydrogen-bond donors (Lipinski definition) is 5. The maximum Gasteiger partial charge on any atom is 0.432 e. The van der Waals surface area contributed by atoms with Crippen molar-refractivity contribution in [2.45, 2.75) is 31.5 Å². The molecule has 0 aliphatic heterocycles. The Bertz CT molecular complexity index is 1070. The van der Waals surface area contributed by atoms with E-state index in [-0.39, 0.29) is 19.4 Å². The van der Waals surface area contributed by atoms with Crippen molar-refractivity contribution >= 4 is 25.7 Å². The zero-order valence-corrected chi connectivity index (χ0v) is 19.6. The first-order valence-electron chi connectivity index (χ1n) is 11.2. The Morgan fingerprint density at radius 1 is 0.694 bits per heavy atom. The van der Waals surface area contributed by atoms with Crippen LogP contribution in [0.15, 0.2) is 91.0 Å². The number of aliphatic carboxylic acids is 1. The summed E-state index contributed by atoms with van der Waals surface area (Å²) >= 11 is 0. The van der Waals surface area contributed by atoms with E-state index < -0.39 is 37.7 Å². The molecule has 0 spiro atoms. The minimum atomic E-state index is -1.16. The molecule has 0 bridgehead atoms. The second-order valence-electron chi connectivity index (χ2n) is 7.68. The van der Waals surface area contributed by atoms with E-state index in [9.17, 15) is 19.5 Å². The summed E-state index contributed by atoms with van der Waals surface area (Å²) in [6.45, 7) is 0.0537. The van der Waals surface area contributed by atoms with E-state index in [0.717, 1.165) is 16.7 Å². The number of ether oxygens (including phenoxy) is 1. The van der Waals surface area contributed by atoms with Gasteiger partial charge in [-0.2, -0.15) is 0 Å². The molecule has 0 radical (unpaired) electrons. The summed E-state index contributed by atoms with van der Waals surface area (Å²) in [5.41, 5.74) is 2.40. The summed E-state index contributed by atoms with van der Waals surface area (Å²) < 4.78 is 5.25. The average Bonchev–Trinajstić information content (AvgIpc) is 2.89. The molecule has 3 rings (SSSR count). The lowest BCUT2D eigenvalue weighted by molar-refractivity contribution is -0.142. The molecule has 9 nitrogen and oxygen atoms in total. The molecule has 0 aromatic heterocycles. The Labute approximate surface area is 210 Å². The van der Waals surface area contributed by atoms with Crippen LogP contribution in [0.25, 0.3) is 0 Å². The Hall–Kier alpha value is -4.15. The first-order valence-corrected chi connectivity index (χ1v) is 11.2. The van der Waals surface area contributed by atoms with E-state index in [0.29, 0.717) is 0 Å². The van der Waals surface area contributed by atoms with Crippen molar-refractivity contribution in [1.29, 1.82) is 0 Å². The van der Waals surface area contributed by atoms with Gasteiger partial charge >= 0.3 is 19.7 Å². The molecule has 0 aliphatic carbocycles. The summed E-state index contributed by atoms with van der Waals surface area (Å²) in [7, 11) is -0.750. The monoisotopic (exact) mass is 492 g/mol. The topological polar surface area (TPSA) is 145 Å². The summed E-state index contributed by atoms with van der Waals surface area (Å²) in [5, 5.41) is 29.0. The Morgan fingerprint density at radius 3 is 1.56 bits per heavy atom. The molecule has 2 amide bonds. The van der Waals surface area contributed by atoms with Crippen LogP contribution in [0.5, 0.6) is 0 Å². The lowest BCUT2D eigenvalue weighted by atomic mass is 10.0. The van der Waals surface area contributed by atoms with E-state index in [1.54, 1.807) is 24.3 Å². The van der Waals surface area contributed by atoms with E-state index in [2.05, 4.69) is 10.6 Å². The van der Waals surface area contributed by atoms with Gasteiger partial charge in [0.05, 0.1) is 0 Å². The lowest BCUT2D eigenvalue weighted by Crippen LogP contribution is -2.53. The van der Waals surface area contributed by atoms with E-state index in [1.165, 1.54) is 0 Å². The highest BCUT2D eigenvalue weighted by atomic mass is 16.5. The molecule has 0 fully saturated rings. The van der Waals surface area contributed by atoms with Crippen molar-refractivity contribution in [1.82, 2.24) is 10.6 Å². The quantitative estimate of drug-likeness (QED) is 0.270. The zero-order chi connectivity index (χ0) is 26.2. The molecule has 2 atom stereocenters. The van der Waals surface area contributed by atoms with E-state index in [1.807, 2.05) is 66.7 Å². The highest BCUT2D eigenvalue weighted by molar-refractivity contribution is 6.13. The number of rotatable bonds is 10. The summed E-state index contributed by atoms with van der Waals surface area (Å²) in [6, 6.07) is 25.2. The Kier molecular flexibility index (Phi) is 12.3. The van der Waals surface area contributed by atoms with Crippen molar-refractivity contribution in [3.8, 4) is 0 Å². The molecule has 36 heavy (non-hydrogen) atoms. The van der Waals surface area contributed by atoms with Gasteiger partial charge in [0.2, 0.25) is 5.91 Å². The standard InChI is InChI=1S/C26H26N2O5.BH3O2/c29-24(27-23(25(30)31)17-20-12-6-2-7-13-20)22(16-19-10-4-1-5-11-19)28-26(32)33-18-21-14-8-3-9-15-21;2-1-3/h1-15,22-23H,16-18H2,(H,27,29)(H,28,32)(H,30,31);1-3H/t22-,23-;/m0./s1. The number of hydrogen-bond acceptors (Lipinski definition) is 6. The molecule has 0 saturated carbocycles. The first-order chi connectivity index (χ1) is 17.4. The van der Waals surface area contributed by atoms with Gasteiger partial charge in [0.1, 0.15) is 18.7 Å². The summed E-state index contributed by atoms with van der Waals surface area (Å²) in [4.78, 5) is 37.2. The summed E-state index contributed by atoms with van der Waals surface area (Å²) in [6.07, 6.45) is -0.451. The average molecular weight is 492 g/mol. The van der Waals surface area contributed by atoms with Crippen LogP contribution in [-0.4, -0.2) is 52.9 Å². The highest BCUT2D eigenvalue weighted by Crippen LogP contribution is 2.08. The van der Waals surface area contributed by atoms with Gasteiger partial charge in [-0.25, -0.2) is 9.59 Å². The van der Waals surface area contributed by atoms with Gasteiger partial charge < -0.3 is 30.5 Å². The number of carboxylic acid groups (broad SMARTS) is 1. The van der Waals surface area contributed by atoms with Gasteiger partial charge in [-0.05, 0) is 16.7 Å². The third-order valence-corrected chi connectivity index (χ3v) is 5.00. The minimum Gasteiger partial charge on any atom is -0.480 e. The Balaban J connectivity index is 0.00000145. The van der Waals surface area contributed by atoms with Crippen molar-refractivity contribution < 1.29 is 34.3 Å². The van der Waals surface area contributed by atoms with Crippen LogP contribution >= 0.6 is 0 Å². The van der Waals surface area contributed by atoms with Gasteiger partial charge in [-0.15, -0.1) is 0 Å². The maximum absolute atomic E-state index is 13.0. The second kappa shape index (κ2) is 15.7. The number of carboxylic acids is 1. The smallest absolute Gasteiger partial charge is 0.432 e. The van der Waals surface area contributed by atoms with Crippen LogP contribution in [0, 0.1) is 0 Å². The molecule has 3 aromatic rings. The molecule has 10 heteroatoms. The van der Waals surface area contributed by atoms with Crippen LogP contribution in [-0.2, 0) is 33.8 Å². The van der Waals surface area contributed by atoms with Crippen LogP contribution < -0.4 is 10.6 Å². The lowest BCUT2D eigenvalue weighted by Gasteiger charge is -2.21. The third-order valence-electron chi connectivity index (χ3n) is 5.00. The molecular weight excluding hydrogens is 463 g/mol. The maximum atomic E-state index is 13.0. The predicted molar refractivity (Wildman–Crippen MR) is 135 cm³/mol. The molecule has 5 N–H and O–H groups in total. The van der Waals surface area contributed by atoms with Crippen LogP contribution in [0.2, 0.25) is 0 Å². The fraction of sp³-hybridized carbons (Fsp3) is 0.192. The molecule has 3 aromatic carbocycles. The predicted octanol–water partition coefficient (Wildman–Crippen LogP) is 1.57. The van der Waals surface area contributed by atoms with Gasteiger partial charge in [-0.1, -0.05) is 91.0 Å². The largest absolute Gasteiger partial charge is 0.480 e. The van der Waals surface area contributed by atoms with Crippen molar-refractivity contribution in [3.63, 3.8) is 0 Å². The van der Waals surface area contributed by atoms with Crippen molar-refractivity contribution in [3.05, 3.63) is 108 Å². The number of alkyl carbamates (subject to hydrolysis) is 1. The van der Waals surface area contributed by atoms with Gasteiger partial charge in [0.15, 0.2) is 0 Å². The normalized spacial score (nSPS) is 11.6. The Morgan fingerprint density at radius 2 is 1.11 bits per heavy atom. The number of carbonyl (C=O) groups is 3. The third kappa shape index (κ3) is 10.4. The SMILES string of the molecule is O=C(N[C@@H](Cc1ccccc1)C(=O)N[C@@H](Cc1ccccc1)C(=O)O)OCc1ccccc1.OBO. The van der Waals surface area contributed by atoms with Crippen molar-refractivity contribution in [2.24, 2.45) is 0 Å². The fourth-order valence-corrected chi connectivity index (χ4v) is 3.29. The number of benzene rings is 3. The van der Waals surface area contributed by atoms with E-state index in [4.69, 9.17) is 14.8 Å². The number of nitrogens with one attached hydrogen (secondary N) is 2. The number of carbonyl (C=O) groups excluding carboxylic acids is 2. The molecule has 0 heterocycles. The number of amides is 2. The first kappa shape index (κ1) is 28.1. The van der Waals surface area contributed by atoms with Crippen LogP contribution in [0.3, 0.4) is 0 Å². The van der Waals surface area contributed by atoms with Gasteiger partial charge in [0.25, 0.3) is 0 Å². The van der Waals surface area contributed by atoms with Gasteiger partial charge in [0, 0.05) is 12.8 Å². The molecular formula is C26H29BN2O7. The zero-order valence-electron chi connectivity index (χ0n) is 19.6. The van der Waals surface area contributed by atoms with Crippen molar-refractivity contribution in [2.75, 3.05) is 0 Å². The van der Waals surface area contributed by atoms with Crippen LogP contribution in [0.1, 0.15) is 16.7 Å². The molecule has 0 unspecified atom stereocenters. The van der Waals surface area contributed by atoms with E-state index >= 15 is 0 Å². The minimum absolute atomic E-state index is 0.0537. The summed E-state index contributed by atoms with van der Waals surface area (Å²) in [5.74, 6) is -1.75.